The second-order valence-electron chi connectivity index (χ2n) is 5.90. The number of carbonyl (C=O) groups is 1. The van der Waals surface area contributed by atoms with Crippen LogP contribution in [0, 0.1) is 0 Å². The first-order valence-electron chi connectivity index (χ1n) is 6.84. The summed E-state index contributed by atoms with van der Waals surface area (Å²) >= 11 is 0. The molecule has 1 unspecified atom stereocenters. The molecule has 0 aromatic heterocycles. The third-order valence-corrected chi connectivity index (χ3v) is 3.04. The molecule has 1 aliphatic rings. The van der Waals surface area contributed by atoms with Gasteiger partial charge in [-0.2, -0.15) is 0 Å². The highest BCUT2D eigenvalue weighted by atomic mass is 16.6. The Kier molecular flexibility index (Phi) is 4.18. The van der Waals surface area contributed by atoms with Gasteiger partial charge in [0.2, 0.25) is 0 Å². The number of ether oxygens (including phenoxy) is 2. The van der Waals surface area contributed by atoms with Crippen molar-refractivity contribution >= 4 is 6.09 Å². The molecule has 2 rings (SSSR count). The van der Waals surface area contributed by atoms with Crippen LogP contribution in [0.2, 0.25) is 0 Å². The maximum Gasteiger partial charge on any atom is 0.408 e. The summed E-state index contributed by atoms with van der Waals surface area (Å²) in [6.07, 6.45) is 0.442. The standard InChI is InChI=1S/C15H22N2O3/c1-15(2,3)20-14(18)17-12(9-16)10-4-5-13-11(8-10)6-7-19-13/h4-5,8,12H,6-7,9,16H2,1-3H3,(H,17,18). The molecule has 5 nitrogen and oxygen atoms in total. The van der Waals surface area contributed by atoms with Crippen LogP contribution >= 0.6 is 0 Å². The lowest BCUT2D eigenvalue weighted by molar-refractivity contribution is 0.0505. The number of benzene rings is 1. The molecule has 0 bridgehead atoms. The van der Waals surface area contributed by atoms with Crippen LogP contribution in [0.4, 0.5) is 4.79 Å². The Labute approximate surface area is 119 Å². The van der Waals surface area contributed by atoms with Gasteiger partial charge in [0.1, 0.15) is 11.4 Å². The van der Waals surface area contributed by atoms with Crippen LogP contribution in [-0.2, 0) is 11.2 Å². The number of hydrogen-bond donors (Lipinski definition) is 2. The van der Waals surface area contributed by atoms with Gasteiger partial charge in [0.25, 0.3) is 0 Å². The molecule has 1 aromatic carbocycles. The zero-order valence-corrected chi connectivity index (χ0v) is 12.2. The highest BCUT2D eigenvalue weighted by Crippen LogP contribution is 2.28. The minimum Gasteiger partial charge on any atom is -0.493 e. The Balaban J connectivity index is 2.06. The Hall–Kier alpha value is -1.75. The highest BCUT2D eigenvalue weighted by molar-refractivity contribution is 5.68. The van der Waals surface area contributed by atoms with Gasteiger partial charge in [-0.3, -0.25) is 0 Å². The van der Waals surface area contributed by atoms with Crippen LogP contribution < -0.4 is 15.8 Å². The van der Waals surface area contributed by atoms with E-state index in [1.807, 2.05) is 39.0 Å². The van der Waals surface area contributed by atoms with Crippen molar-refractivity contribution in [1.82, 2.24) is 5.32 Å². The Morgan fingerprint density at radius 3 is 2.90 bits per heavy atom. The maximum atomic E-state index is 11.8. The molecule has 0 saturated carbocycles. The molecule has 0 fully saturated rings. The number of rotatable bonds is 3. The average Bonchev–Trinajstić information content (AvgIpc) is 2.80. The lowest BCUT2D eigenvalue weighted by atomic mass is 10.0. The molecule has 1 atom stereocenters. The largest absolute Gasteiger partial charge is 0.493 e. The van der Waals surface area contributed by atoms with E-state index in [0.717, 1.165) is 23.3 Å². The smallest absolute Gasteiger partial charge is 0.408 e. The predicted molar refractivity (Wildman–Crippen MR) is 76.8 cm³/mol. The van der Waals surface area contributed by atoms with E-state index in [1.165, 1.54) is 0 Å². The molecule has 1 aromatic rings. The second kappa shape index (κ2) is 5.71. The third kappa shape index (κ3) is 3.63. The number of nitrogens with one attached hydrogen (secondary N) is 1. The number of carbonyl (C=O) groups excluding carboxylic acids is 1. The number of alkyl carbamates (subject to hydrolysis) is 1. The van der Waals surface area contributed by atoms with Crippen molar-refractivity contribution < 1.29 is 14.3 Å². The van der Waals surface area contributed by atoms with Gasteiger partial charge in [0, 0.05) is 13.0 Å². The summed E-state index contributed by atoms with van der Waals surface area (Å²) < 4.78 is 10.7. The zero-order valence-electron chi connectivity index (χ0n) is 12.2. The second-order valence-corrected chi connectivity index (χ2v) is 5.90. The molecule has 0 radical (unpaired) electrons. The molecule has 5 heteroatoms. The normalized spacial score (nSPS) is 15.2. The lowest BCUT2D eigenvalue weighted by Gasteiger charge is -2.23. The van der Waals surface area contributed by atoms with Gasteiger partial charge in [-0.05, 0) is 44.0 Å². The summed E-state index contributed by atoms with van der Waals surface area (Å²) in [4.78, 5) is 11.8. The minimum absolute atomic E-state index is 0.254. The summed E-state index contributed by atoms with van der Waals surface area (Å²) in [5.74, 6) is 0.918. The molecule has 20 heavy (non-hydrogen) atoms. The van der Waals surface area contributed by atoms with Crippen LogP contribution in [0.25, 0.3) is 0 Å². The van der Waals surface area contributed by atoms with Crippen molar-refractivity contribution in [2.45, 2.75) is 38.8 Å². The monoisotopic (exact) mass is 278 g/mol. The minimum atomic E-state index is -0.519. The zero-order chi connectivity index (χ0) is 14.8. The average molecular weight is 278 g/mol. The number of hydrogen-bond acceptors (Lipinski definition) is 4. The van der Waals surface area contributed by atoms with Gasteiger partial charge in [-0.1, -0.05) is 6.07 Å². The molecule has 1 amide bonds. The molecule has 0 saturated heterocycles. The summed E-state index contributed by atoms with van der Waals surface area (Å²) in [6.45, 7) is 6.52. The van der Waals surface area contributed by atoms with Gasteiger partial charge in [0.05, 0.1) is 12.6 Å². The molecule has 3 N–H and O–H groups in total. The van der Waals surface area contributed by atoms with E-state index in [9.17, 15) is 4.79 Å². The Morgan fingerprint density at radius 2 is 2.25 bits per heavy atom. The van der Waals surface area contributed by atoms with Crippen molar-refractivity contribution in [3.63, 3.8) is 0 Å². The van der Waals surface area contributed by atoms with Crippen LogP contribution in [0.1, 0.15) is 37.9 Å². The van der Waals surface area contributed by atoms with Crippen LogP contribution in [-0.4, -0.2) is 24.8 Å². The van der Waals surface area contributed by atoms with E-state index in [0.29, 0.717) is 13.2 Å². The summed E-state index contributed by atoms with van der Waals surface area (Å²) in [5.41, 5.74) is 7.38. The summed E-state index contributed by atoms with van der Waals surface area (Å²) in [6, 6.07) is 5.64. The van der Waals surface area contributed by atoms with Gasteiger partial charge < -0.3 is 20.5 Å². The Bertz CT molecular complexity index is 494. The first-order valence-corrected chi connectivity index (χ1v) is 6.84. The van der Waals surface area contributed by atoms with Crippen molar-refractivity contribution in [3.05, 3.63) is 29.3 Å². The van der Waals surface area contributed by atoms with Crippen molar-refractivity contribution in [2.24, 2.45) is 5.73 Å². The van der Waals surface area contributed by atoms with E-state index in [-0.39, 0.29) is 6.04 Å². The molecule has 0 aliphatic carbocycles. The molecule has 0 spiro atoms. The van der Waals surface area contributed by atoms with Crippen molar-refractivity contribution in [3.8, 4) is 5.75 Å². The first kappa shape index (κ1) is 14.7. The topological polar surface area (TPSA) is 73.6 Å². The van der Waals surface area contributed by atoms with E-state index < -0.39 is 11.7 Å². The summed E-state index contributed by atoms with van der Waals surface area (Å²) in [5, 5.41) is 2.80. The van der Waals surface area contributed by atoms with Crippen LogP contribution in [0.5, 0.6) is 5.75 Å². The van der Waals surface area contributed by atoms with E-state index in [1.54, 1.807) is 0 Å². The van der Waals surface area contributed by atoms with Crippen molar-refractivity contribution in [1.29, 1.82) is 0 Å². The summed E-state index contributed by atoms with van der Waals surface area (Å²) in [7, 11) is 0. The molecule has 1 heterocycles. The fourth-order valence-corrected chi connectivity index (χ4v) is 2.15. The van der Waals surface area contributed by atoms with Gasteiger partial charge in [-0.15, -0.1) is 0 Å². The number of amides is 1. The van der Waals surface area contributed by atoms with Crippen molar-refractivity contribution in [2.75, 3.05) is 13.2 Å². The fraction of sp³-hybridized carbons (Fsp3) is 0.533. The van der Waals surface area contributed by atoms with Gasteiger partial charge >= 0.3 is 6.09 Å². The number of fused-ring (bicyclic) bond motifs is 1. The Morgan fingerprint density at radius 1 is 1.50 bits per heavy atom. The quantitative estimate of drug-likeness (QED) is 0.888. The van der Waals surface area contributed by atoms with Crippen LogP contribution in [0.3, 0.4) is 0 Å². The van der Waals surface area contributed by atoms with Crippen LogP contribution in [0.15, 0.2) is 18.2 Å². The molecular formula is C15H22N2O3. The molecular weight excluding hydrogens is 256 g/mol. The van der Waals surface area contributed by atoms with E-state index >= 15 is 0 Å². The van der Waals surface area contributed by atoms with E-state index in [4.69, 9.17) is 15.2 Å². The van der Waals surface area contributed by atoms with E-state index in [2.05, 4.69) is 5.32 Å². The SMILES string of the molecule is CC(C)(C)OC(=O)NC(CN)c1ccc2c(c1)CCO2. The first-order chi connectivity index (χ1) is 9.39. The molecule has 110 valence electrons. The number of nitrogens with two attached hydrogens (primary N) is 1. The fourth-order valence-electron chi connectivity index (χ4n) is 2.15. The van der Waals surface area contributed by atoms with Gasteiger partial charge in [-0.25, -0.2) is 4.79 Å². The predicted octanol–water partition coefficient (Wildman–Crippen LogP) is 2.15. The molecule has 1 aliphatic heterocycles. The third-order valence-electron chi connectivity index (χ3n) is 3.04. The van der Waals surface area contributed by atoms with Gasteiger partial charge in [0.15, 0.2) is 0 Å². The lowest BCUT2D eigenvalue weighted by Crippen LogP contribution is -2.37. The highest BCUT2D eigenvalue weighted by Gasteiger charge is 2.21. The maximum absolute atomic E-state index is 11.8.